The van der Waals surface area contributed by atoms with Gasteiger partial charge in [-0.1, -0.05) is 6.07 Å². The molecule has 0 amide bonds. The number of aryl methyl sites for hydroxylation is 1. The minimum Gasteiger partial charge on any atom is -0.440 e. The van der Waals surface area contributed by atoms with Crippen LogP contribution in [0.25, 0.3) is 10.8 Å². The summed E-state index contributed by atoms with van der Waals surface area (Å²) in [6.45, 7) is 6.03. The third kappa shape index (κ3) is 3.60. The zero-order valence-electron chi connectivity index (χ0n) is 10.9. The van der Waals surface area contributed by atoms with Gasteiger partial charge in [-0.05, 0) is 32.2 Å². The van der Waals surface area contributed by atoms with Crippen LogP contribution in [0.4, 0.5) is 0 Å². The lowest BCUT2D eigenvalue weighted by Crippen LogP contribution is -2.34. The van der Waals surface area contributed by atoms with Crippen LogP contribution in [-0.4, -0.2) is 16.3 Å². The Morgan fingerprint density at radius 2 is 2.28 bits per heavy atom. The molecule has 0 aromatic carbocycles. The summed E-state index contributed by atoms with van der Waals surface area (Å²) in [5.74, 6) is 3.39. The van der Waals surface area contributed by atoms with Gasteiger partial charge in [-0.15, -0.1) is 11.3 Å². The van der Waals surface area contributed by atoms with Crippen molar-refractivity contribution in [3.63, 3.8) is 0 Å². The summed E-state index contributed by atoms with van der Waals surface area (Å²) in [5.41, 5.74) is 6.84. The van der Waals surface area contributed by atoms with Crippen LogP contribution >= 0.6 is 23.1 Å². The molecule has 0 spiro atoms. The Balaban J connectivity index is 2.02. The number of nitrogens with two attached hydrogens (primary N) is 1. The quantitative estimate of drug-likeness (QED) is 0.909. The molecule has 3 nitrogen and oxygen atoms in total. The molecule has 0 saturated carbocycles. The molecule has 0 radical (unpaired) electrons. The van der Waals surface area contributed by atoms with E-state index in [1.54, 1.807) is 23.1 Å². The van der Waals surface area contributed by atoms with Crippen molar-refractivity contribution in [2.45, 2.75) is 32.1 Å². The van der Waals surface area contributed by atoms with E-state index in [0.29, 0.717) is 0 Å². The molecule has 0 atom stereocenters. The molecule has 0 fully saturated rings. The molecule has 2 aromatic heterocycles. The van der Waals surface area contributed by atoms with Crippen LogP contribution in [0.15, 0.2) is 21.9 Å². The predicted octanol–water partition coefficient (Wildman–Crippen LogP) is 3.68. The van der Waals surface area contributed by atoms with E-state index in [4.69, 9.17) is 10.2 Å². The molecule has 2 N–H and O–H groups in total. The maximum absolute atomic E-state index is 5.96. The lowest BCUT2D eigenvalue weighted by molar-refractivity contribution is 0.542. The highest BCUT2D eigenvalue weighted by molar-refractivity contribution is 7.98. The molecule has 5 heteroatoms. The van der Waals surface area contributed by atoms with Crippen molar-refractivity contribution in [3.05, 3.63) is 29.0 Å². The molecule has 98 valence electrons. The standard InChI is InChI=1S/C13H18N2OS2/c1-9-10(7-17-8-13(2,3)14)15-12(16-9)11-5-4-6-18-11/h4-6H,7-8,14H2,1-3H3. The van der Waals surface area contributed by atoms with Gasteiger partial charge in [0.15, 0.2) is 0 Å². The number of thiophene rings is 1. The highest BCUT2D eigenvalue weighted by Gasteiger charge is 2.14. The Kier molecular flexibility index (Phi) is 4.14. The fraction of sp³-hybridized carbons (Fsp3) is 0.462. The Morgan fingerprint density at radius 1 is 1.50 bits per heavy atom. The second-order valence-corrected chi connectivity index (χ2v) is 6.91. The number of nitrogens with zero attached hydrogens (tertiary/aromatic N) is 1. The van der Waals surface area contributed by atoms with E-state index in [2.05, 4.69) is 4.98 Å². The summed E-state index contributed by atoms with van der Waals surface area (Å²) in [7, 11) is 0. The summed E-state index contributed by atoms with van der Waals surface area (Å²) in [4.78, 5) is 5.63. The number of rotatable bonds is 5. The van der Waals surface area contributed by atoms with E-state index in [9.17, 15) is 0 Å². The maximum atomic E-state index is 5.96. The summed E-state index contributed by atoms with van der Waals surface area (Å²) in [5, 5.41) is 2.03. The molecule has 2 aromatic rings. The van der Waals surface area contributed by atoms with Crippen molar-refractivity contribution >= 4 is 23.1 Å². The topological polar surface area (TPSA) is 52.0 Å². The first kappa shape index (κ1) is 13.6. The summed E-state index contributed by atoms with van der Waals surface area (Å²) < 4.78 is 5.70. The number of aromatic nitrogens is 1. The fourth-order valence-corrected chi connectivity index (χ4v) is 3.22. The van der Waals surface area contributed by atoms with E-state index in [1.165, 1.54) is 0 Å². The van der Waals surface area contributed by atoms with E-state index >= 15 is 0 Å². The third-order valence-corrected chi connectivity index (χ3v) is 4.62. The molecule has 0 bridgehead atoms. The molecule has 2 heterocycles. The minimum atomic E-state index is -0.140. The molecule has 0 unspecified atom stereocenters. The van der Waals surface area contributed by atoms with Gasteiger partial charge in [0.05, 0.1) is 10.6 Å². The van der Waals surface area contributed by atoms with Gasteiger partial charge in [0, 0.05) is 17.0 Å². The van der Waals surface area contributed by atoms with Gasteiger partial charge in [-0.2, -0.15) is 11.8 Å². The van der Waals surface area contributed by atoms with Gasteiger partial charge >= 0.3 is 0 Å². The lowest BCUT2D eigenvalue weighted by atomic mass is 10.1. The van der Waals surface area contributed by atoms with Crippen LogP contribution in [0.5, 0.6) is 0 Å². The first-order chi connectivity index (χ1) is 8.46. The molecular weight excluding hydrogens is 264 g/mol. The van der Waals surface area contributed by atoms with Crippen LogP contribution in [-0.2, 0) is 5.75 Å². The van der Waals surface area contributed by atoms with Crippen LogP contribution < -0.4 is 5.73 Å². The number of hydrogen-bond donors (Lipinski definition) is 1. The van der Waals surface area contributed by atoms with E-state index in [1.807, 2.05) is 38.3 Å². The molecule has 0 saturated heterocycles. The number of thioether (sulfide) groups is 1. The maximum Gasteiger partial charge on any atom is 0.236 e. The second kappa shape index (κ2) is 5.47. The molecule has 0 aliphatic rings. The van der Waals surface area contributed by atoms with Crippen LogP contribution in [0.1, 0.15) is 25.3 Å². The lowest BCUT2D eigenvalue weighted by Gasteiger charge is -2.16. The largest absolute Gasteiger partial charge is 0.440 e. The average molecular weight is 282 g/mol. The van der Waals surface area contributed by atoms with Crippen molar-refractivity contribution < 1.29 is 4.42 Å². The average Bonchev–Trinajstić information content (AvgIpc) is 2.86. The van der Waals surface area contributed by atoms with Crippen molar-refractivity contribution in [1.82, 2.24) is 4.98 Å². The summed E-state index contributed by atoms with van der Waals surface area (Å²) >= 11 is 3.44. The van der Waals surface area contributed by atoms with Gasteiger partial charge < -0.3 is 10.2 Å². The molecule has 18 heavy (non-hydrogen) atoms. The van der Waals surface area contributed by atoms with E-state index in [0.717, 1.165) is 33.7 Å². The van der Waals surface area contributed by atoms with Gasteiger partial charge in [0.2, 0.25) is 5.89 Å². The molecule has 0 aliphatic carbocycles. The highest BCUT2D eigenvalue weighted by atomic mass is 32.2. The van der Waals surface area contributed by atoms with E-state index in [-0.39, 0.29) is 5.54 Å². The summed E-state index contributed by atoms with van der Waals surface area (Å²) in [6.07, 6.45) is 0. The van der Waals surface area contributed by atoms with Crippen molar-refractivity contribution in [2.24, 2.45) is 5.73 Å². The molecule has 0 aliphatic heterocycles. The Morgan fingerprint density at radius 3 is 2.89 bits per heavy atom. The zero-order valence-corrected chi connectivity index (χ0v) is 12.5. The number of oxazole rings is 1. The minimum absolute atomic E-state index is 0.140. The number of hydrogen-bond acceptors (Lipinski definition) is 5. The molecule has 2 rings (SSSR count). The third-order valence-electron chi connectivity index (χ3n) is 2.34. The van der Waals surface area contributed by atoms with Crippen LogP contribution in [0, 0.1) is 6.92 Å². The smallest absolute Gasteiger partial charge is 0.236 e. The second-order valence-electron chi connectivity index (χ2n) is 4.98. The zero-order chi connectivity index (χ0) is 13.2. The Labute approximate surface area is 116 Å². The first-order valence-corrected chi connectivity index (χ1v) is 7.86. The van der Waals surface area contributed by atoms with Gasteiger partial charge in [-0.25, -0.2) is 4.98 Å². The van der Waals surface area contributed by atoms with Crippen molar-refractivity contribution in [1.29, 1.82) is 0 Å². The van der Waals surface area contributed by atoms with Crippen molar-refractivity contribution in [2.75, 3.05) is 5.75 Å². The van der Waals surface area contributed by atoms with E-state index < -0.39 is 0 Å². The normalized spacial score (nSPS) is 12.0. The Bertz CT molecular complexity index is 498. The van der Waals surface area contributed by atoms with Gasteiger partial charge in [0.1, 0.15) is 5.76 Å². The van der Waals surface area contributed by atoms with Crippen molar-refractivity contribution in [3.8, 4) is 10.8 Å². The first-order valence-electron chi connectivity index (χ1n) is 5.82. The summed E-state index contributed by atoms with van der Waals surface area (Å²) in [6, 6.07) is 4.03. The SMILES string of the molecule is Cc1oc(-c2cccs2)nc1CSCC(C)(C)N. The predicted molar refractivity (Wildman–Crippen MR) is 79.0 cm³/mol. The van der Waals surface area contributed by atoms with Gasteiger partial charge in [-0.3, -0.25) is 0 Å². The molecular formula is C13H18N2OS2. The Hall–Kier alpha value is -0.780. The van der Waals surface area contributed by atoms with Gasteiger partial charge in [0.25, 0.3) is 0 Å². The van der Waals surface area contributed by atoms with Crippen LogP contribution in [0.2, 0.25) is 0 Å². The monoisotopic (exact) mass is 282 g/mol. The van der Waals surface area contributed by atoms with Crippen LogP contribution in [0.3, 0.4) is 0 Å². The fourth-order valence-electron chi connectivity index (χ4n) is 1.48. The highest BCUT2D eigenvalue weighted by Crippen LogP contribution is 2.27.